The van der Waals surface area contributed by atoms with Crippen LogP contribution in [0.1, 0.15) is 44.1 Å². The van der Waals surface area contributed by atoms with E-state index in [9.17, 15) is 4.79 Å². The van der Waals surface area contributed by atoms with Crippen LogP contribution >= 0.6 is 0 Å². The maximum absolute atomic E-state index is 11.8. The van der Waals surface area contributed by atoms with E-state index in [0.29, 0.717) is 19.6 Å². The summed E-state index contributed by atoms with van der Waals surface area (Å²) in [6, 6.07) is 7.63. The van der Waals surface area contributed by atoms with Crippen molar-refractivity contribution in [2.75, 3.05) is 18.5 Å². The number of benzene rings is 1. The number of ether oxygens (including phenoxy) is 1. The Hall–Kier alpha value is -1.39. The standard InChI is InChI=1S/C17H26N2O2/c18-12-14-7-9-16(10-8-14)19-17(20)6-3-11-21-13-15-4-1-2-5-15/h7-10,15H,1-6,11-13,18H2,(H,19,20). The van der Waals surface area contributed by atoms with Crippen molar-refractivity contribution in [2.24, 2.45) is 11.7 Å². The third-order valence-electron chi connectivity index (χ3n) is 3.99. The predicted molar refractivity (Wildman–Crippen MR) is 85.0 cm³/mol. The highest BCUT2D eigenvalue weighted by Gasteiger charge is 2.14. The van der Waals surface area contributed by atoms with Gasteiger partial charge < -0.3 is 15.8 Å². The first-order valence-electron chi connectivity index (χ1n) is 7.94. The summed E-state index contributed by atoms with van der Waals surface area (Å²) >= 11 is 0. The van der Waals surface area contributed by atoms with Crippen molar-refractivity contribution in [3.05, 3.63) is 29.8 Å². The van der Waals surface area contributed by atoms with E-state index >= 15 is 0 Å². The van der Waals surface area contributed by atoms with Crippen LogP contribution in [0.5, 0.6) is 0 Å². The molecule has 3 N–H and O–H groups in total. The van der Waals surface area contributed by atoms with Crippen LogP contribution in [-0.4, -0.2) is 19.1 Å². The van der Waals surface area contributed by atoms with Gasteiger partial charge in [0.25, 0.3) is 0 Å². The number of rotatable bonds is 8. The smallest absolute Gasteiger partial charge is 0.224 e. The molecule has 1 aromatic rings. The van der Waals surface area contributed by atoms with Crippen LogP contribution in [0, 0.1) is 5.92 Å². The lowest BCUT2D eigenvalue weighted by Gasteiger charge is -2.10. The van der Waals surface area contributed by atoms with E-state index < -0.39 is 0 Å². The van der Waals surface area contributed by atoms with E-state index in [4.69, 9.17) is 10.5 Å². The summed E-state index contributed by atoms with van der Waals surface area (Å²) in [5.41, 5.74) is 7.43. The minimum absolute atomic E-state index is 0.0416. The van der Waals surface area contributed by atoms with Crippen LogP contribution in [0.2, 0.25) is 0 Å². The fourth-order valence-electron chi connectivity index (χ4n) is 2.71. The van der Waals surface area contributed by atoms with Crippen molar-refractivity contribution in [2.45, 2.75) is 45.1 Å². The molecule has 1 fully saturated rings. The van der Waals surface area contributed by atoms with Crippen LogP contribution in [0.25, 0.3) is 0 Å². The first-order valence-corrected chi connectivity index (χ1v) is 7.94. The lowest BCUT2D eigenvalue weighted by molar-refractivity contribution is -0.116. The highest BCUT2D eigenvalue weighted by atomic mass is 16.5. The molecule has 0 radical (unpaired) electrons. The fraction of sp³-hybridized carbons (Fsp3) is 0.588. The topological polar surface area (TPSA) is 64.3 Å². The summed E-state index contributed by atoms with van der Waals surface area (Å²) in [5, 5.41) is 2.89. The number of carbonyl (C=O) groups excluding carboxylic acids is 1. The second-order valence-corrected chi connectivity index (χ2v) is 5.78. The molecule has 0 aliphatic heterocycles. The monoisotopic (exact) mass is 290 g/mol. The molecule has 4 heteroatoms. The van der Waals surface area contributed by atoms with E-state index in [2.05, 4.69) is 5.32 Å². The highest BCUT2D eigenvalue weighted by Crippen LogP contribution is 2.24. The predicted octanol–water partition coefficient (Wildman–Crippen LogP) is 3.07. The Morgan fingerprint density at radius 2 is 1.95 bits per heavy atom. The van der Waals surface area contributed by atoms with Gasteiger partial charge in [0.2, 0.25) is 5.91 Å². The summed E-state index contributed by atoms with van der Waals surface area (Å²) in [5.74, 6) is 0.792. The number of hydrogen-bond acceptors (Lipinski definition) is 3. The lowest BCUT2D eigenvalue weighted by atomic mass is 10.1. The van der Waals surface area contributed by atoms with Crippen LogP contribution in [0.4, 0.5) is 5.69 Å². The van der Waals surface area contributed by atoms with E-state index in [0.717, 1.165) is 30.2 Å². The SMILES string of the molecule is NCc1ccc(NC(=O)CCCOCC2CCCC2)cc1. The minimum atomic E-state index is 0.0416. The normalized spacial score (nSPS) is 15.3. The lowest BCUT2D eigenvalue weighted by Crippen LogP contribution is -2.13. The molecule has 0 unspecified atom stereocenters. The van der Waals surface area contributed by atoms with Gasteiger partial charge in [0.15, 0.2) is 0 Å². The summed E-state index contributed by atoms with van der Waals surface area (Å²) in [6.07, 6.45) is 6.58. The van der Waals surface area contributed by atoms with Gasteiger partial charge in [0.1, 0.15) is 0 Å². The Kier molecular flexibility index (Phi) is 6.70. The summed E-state index contributed by atoms with van der Waals surface area (Å²) in [4.78, 5) is 11.8. The van der Waals surface area contributed by atoms with Crippen molar-refractivity contribution in [1.82, 2.24) is 0 Å². The number of nitrogens with two attached hydrogens (primary N) is 1. The molecule has 1 aromatic carbocycles. The van der Waals surface area contributed by atoms with Gasteiger partial charge in [-0.25, -0.2) is 0 Å². The Balaban J connectivity index is 1.56. The molecule has 0 heterocycles. The molecule has 4 nitrogen and oxygen atoms in total. The summed E-state index contributed by atoms with van der Waals surface area (Å²) in [7, 11) is 0. The summed E-state index contributed by atoms with van der Waals surface area (Å²) < 4.78 is 5.65. The van der Waals surface area contributed by atoms with E-state index in [1.165, 1.54) is 25.7 Å². The Labute approximate surface area is 127 Å². The average Bonchev–Trinajstić information content (AvgIpc) is 3.01. The zero-order valence-electron chi connectivity index (χ0n) is 12.6. The summed E-state index contributed by atoms with van der Waals surface area (Å²) in [6.45, 7) is 2.06. The second kappa shape index (κ2) is 8.80. The molecule has 1 aliphatic carbocycles. The minimum Gasteiger partial charge on any atom is -0.381 e. The van der Waals surface area contributed by atoms with Gasteiger partial charge in [-0.15, -0.1) is 0 Å². The van der Waals surface area contributed by atoms with E-state index in [1.807, 2.05) is 24.3 Å². The van der Waals surface area contributed by atoms with Crippen molar-refractivity contribution in [3.8, 4) is 0 Å². The zero-order chi connectivity index (χ0) is 14.9. The number of nitrogens with one attached hydrogen (secondary N) is 1. The van der Waals surface area contributed by atoms with Gasteiger partial charge in [-0.2, -0.15) is 0 Å². The van der Waals surface area contributed by atoms with Gasteiger partial charge >= 0.3 is 0 Å². The molecule has 0 bridgehead atoms. The van der Waals surface area contributed by atoms with Crippen LogP contribution in [0.3, 0.4) is 0 Å². The van der Waals surface area contributed by atoms with Crippen molar-refractivity contribution in [1.29, 1.82) is 0 Å². The molecular formula is C17H26N2O2. The first kappa shape index (κ1) is 16.0. The zero-order valence-corrected chi connectivity index (χ0v) is 12.6. The fourth-order valence-corrected chi connectivity index (χ4v) is 2.71. The molecular weight excluding hydrogens is 264 g/mol. The molecule has 21 heavy (non-hydrogen) atoms. The first-order chi connectivity index (χ1) is 10.3. The van der Waals surface area contributed by atoms with Gasteiger partial charge in [-0.05, 0) is 42.9 Å². The molecule has 0 aromatic heterocycles. The van der Waals surface area contributed by atoms with Gasteiger partial charge in [0.05, 0.1) is 0 Å². The average molecular weight is 290 g/mol. The number of hydrogen-bond donors (Lipinski definition) is 2. The number of anilines is 1. The largest absolute Gasteiger partial charge is 0.381 e. The van der Waals surface area contributed by atoms with Crippen molar-refractivity contribution >= 4 is 11.6 Å². The van der Waals surface area contributed by atoms with Crippen LogP contribution in [0.15, 0.2) is 24.3 Å². The third kappa shape index (κ3) is 5.86. The molecule has 0 atom stereocenters. The molecule has 0 spiro atoms. The molecule has 0 saturated heterocycles. The second-order valence-electron chi connectivity index (χ2n) is 5.78. The number of carbonyl (C=O) groups is 1. The van der Waals surface area contributed by atoms with E-state index in [-0.39, 0.29) is 5.91 Å². The maximum Gasteiger partial charge on any atom is 0.224 e. The van der Waals surface area contributed by atoms with Gasteiger partial charge in [0, 0.05) is 31.9 Å². The van der Waals surface area contributed by atoms with Crippen LogP contribution < -0.4 is 11.1 Å². The van der Waals surface area contributed by atoms with Gasteiger partial charge in [-0.3, -0.25) is 4.79 Å². The van der Waals surface area contributed by atoms with E-state index in [1.54, 1.807) is 0 Å². The van der Waals surface area contributed by atoms with Crippen LogP contribution in [-0.2, 0) is 16.1 Å². The molecule has 1 aliphatic rings. The Bertz CT molecular complexity index is 425. The highest BCUT2D eigenvalue weighted by molar-refractivity contribution is 5.90. The maximum atomic E-state index is 11.8. The molecule has 2 rings (SSSR count). The van der Waals surface area contributed by atoms with Crippen molar-refractivity contribution in [3.63, 3.8) is 0 Å². The molecule has 1 saturated carbocycles. The number of amides is 1. The Morgan fingerprint density at radius 1 is 1.24 bits per heavy atom. The van der Waals surface area contributed by atoms with Gasteiger partial charge in [-0.1, -0.05) is 25.0 Å². The molecule has 1 amide bonds. The van der Waals surface area contributed by atoms with Crippen molar-refractivity contribution < 1.29 is 9.53 Å². The Morgan fingerprint density at radius 3 is 2.62 bits per heavy atom. The third-order valence-corrected chi connectivity index (χ3v) is 3.99. The molecule has 116 valence electrons. The quantitative estimate of drug-likeness (QED) is 0.723.